The average molecular weight is 243 g/mol. The van der Waals surface area contributed by atoms with Crippen LogP contribution in [0.15, 0.2) is 12.3 Å². The van der Waals surface area contributed by atoms with Gasteiger partial charge in [-0.05, 0) is 6.07 Å². The number of hydrogen-bond donors (Lipinski definition) is 1. The molecule has 0 atom stereocenters. The summed E-state index contributed by atoms with van der Waals surface area (Å²) in [5, 5.41) is 10.2. The van der Waals surface area contributed by atoms with E-state index < -0.39 is 6.01 Å². The van der Waals surface area contributed by atoms with Gasteiger partial charge < -0.3 is 10.8 Å². The Morgan fingerprint density at radius 3 is 2.56 bits per heavy atom. The van der Waals surface area contributed by atoms with Gasteiger partial charge >= 0.3 is 68.9 Å². The third-order valence-electron chi connectivity index (χ3n) is 0.655. The van der Waals surface area contributed by atoms with Crippen molar-refractivity contribution in [3.05, 3.63) is 12.3 Å². The van der Waals surface area contributed by atoms with Crippen LogP contribution >= 0.6 is 0 Å². The van der Waals surface area contributed by atoms with Crippen molar-refractivity contribution in [3.8, 4) is 6.01 Å². The average Bonchev–Trinajstić information content (AvgIpc) is 1.64. The van der Waals surface area contributed by atoms with E-state index >= 15 is 0 Å². The molecule has 0 aliphatic rings. The Morgan fingerprint density at radius 2 is 2.22 bits per heavy atom. The second kappa shape index (κ2) is 4.53. The molecular formula is C4H4CsN3O. The van der Waals surface area contributed by atoms with Crippen LogP contribution in [-0.4, -0.2) is 9.97 Å². The fourth-order valence-electron chi connectivity index (χ4n) is 0.354. The van der Waals surface area contributed by atoms with Crippen molar-refractivity contribution < 1.29 is 74.0 Å². The van der Waals surface area contributed by atoms with Gasteiger partial charge in [-0.25, -0.2) is 4.98 Å². The number of nitrogen functional groups attached to an aromatic ring is 1. The number of anilines is 1. The van der Waals surface area contributed by atoms with Crippen molar-refractivity contribution in [2.75, 3.05) is 5.73 Å². The van der Waals surface area contributed by atoms with E-state index in [4.69, 9.17) is 5.73 Å². The normalized spacial score (nSPS) is 8.00. The van der Waals surface area contributed by atoms with Crippen LogP contribution in [0.3, 0.4) is 0 Å². The summed E-state index contributed by atoms with van der Waals surface area (Å²) in [6, 6.07) is 0.923. The smallest absolute Gasteiger partial charge is 0.844 e. The molecule has 0 amide bonds. The number of rotatable bonds is 0. The number of nitrogens with zero attached hydrogens (tertiary/aromatic N) is 2. The molecule has 1 rings (SSSR count). The minimum Gasteiger partial charge on any atom is -0.844 e. The molecule has 1 aromatic rings. The summed E-state index contributed by atoms with van der Waals surface area (Å²) in [6.07, 6.45) is 1.32. The maximum Gasteiger partial charge on any atom is 1.00 e. The van der Waals surface area contributed by atoms with E-state index in [1.54, 1.807) is 0 Å². The Hall–Kier alpha value is 0.732. The molecule has 0 radical (unpaired) electrons. The van der Waals surface area contributed by atoms with Crippen LogP contribution in [-0.2, 0) is 0 Å². The van der Waals surface area contributed by atoms with Gasteiger partial charge in [0.2, 0.25) is 0 Å². The number of hydrogen-bond acceptors (Lipinski definition) is 4. The van der Waals surface area contributed by atoms with E-state index in [9.17, 15) is 5.11 Å². The molecular weight excluding hydrogens is 239 g/mol. The van der Waals surface area contributed by atoms with E-state index in [2.05, 4.69) is 9.97 Å². The molecule has 0 unspecified atom stereocenters. The second-order valence-corrected chi connectivity index (χ2v) is 1.26. The third-order valence-corrected chi connectivity index (χ3v) is 0.655. The van der Waals surface area contributed by atoms with Gasteiger partial charge in [0.25, 0.3) is 0 Å². The molecule has 2 N–H and O–H groups in total. The van der Waals surface area contributed by atoms with Crippen LogP contribution in [0.5, 0.6) is 6.01 Å². The van der Waals surface area contributed by atoms with Crippen LogP contribution in [0.25, 0.3) is 0 Å². The summed E-state index contributed by atoms with van der Waals surface area (Å²) in [4.78, 5) is 6.58. The zero-order valence-electron chi connectivity index (χ0n) is 5.03. The van der Waals surface area contributed by atoms with Crippen molar-refractivity contribution in [3.63, 3.8) is 0 Å². The molecule has 0 saturated carbocycles. The van der Waals surface area contributed by atoms with Gasteiger partial charge in [0, 0.05) is 6.20 Å². The minimum absolute atomic E-state index is 0. The van der Waals surface area contributed by atoms with E-state index in [0.29, 0.717) is 0 Å². The molecule has 1 aromatic heterocycles. The standard InChI is InChI=1S/C4H5N3O.Cs/c5-3-1-2-6-4(8)7-3;/h1-2H,(H3,5,6,7,8);/q;+1/p-1. The Balaban J connectivity index is 0.000000640. The van der Waals surface area contributed by atoms with Gasteiger partial charge in [-0.2, -0.15) is 0 Å². The molecule has 9 heavy (non-hydrogen) atoms. The molecule has 0 bridgehead atoms. The summed E-state index contributed by atoms with van der Waals surface area (Å²) >= 11 is 0. The zero-order valence-corrected chi connectivity index (χ0v) is 11.3. The maximum atomic E-state index is 10.2. The SMILES string of the molecule is Nc1ccnc([O-])n1.[Cs+]. The van der Waals surface area contributed by atoms with Gasteiger partial charge in [-0.1, -0.05) is 0 Å². The van der Waals surface area contributed by atoms with Crippen LogP contribution in [0.1, 0.15) is 0 Å². The molecule has 0 saturated heterocycles. The Morgan fingerprint density at radius 1 is 1.56 bits per heavy atom. The molecule has 5 heteroatoms. The topological polar surface area (TPSA) is 74.9 Å². The van der Waals surface area contributed by atoms with E-state index in [0.717, 1.165) is 0 Å². The first kappa shape index (κ1) is 9.73. The van der Waals surface area contributed by atoms with Gasteiger partial charge in [0.05, 0.1) is 6.01 Å². The van der Waals surface area contributed by atoms with Gasteiger partial charge in [-0.15, -0.1) is 0 Å². The summed E-state index contributed by atoms with van der Waals surface area (Å²) in [5.74, 6) is 0.213. The van der Waals surface area contributed by atoms with Gasteiger partial charge in [0.1, 0.15) is 5.82 Å². The van der Waals surface area contributed by atoms with Gasteiger partial charge in [0.15, 0.2) is 0 Å². The predicted octanol–water partition coefficient (Wildman–Crippen LogP) is -3.86. The number of nitrogens with two attached hydrogens (primary N) is 1. The second-order valence-electron chi connectivity index (χ2n) is 1.26. The van der Waals surface area contributed by atoms with Crippen molar-refractivity contribution in [2.24, 2.45) is 0 Å². The largest absolute Gasteiger partial charge is 1.00 e. The van der Waals surface area contributed by atoms with Crippen LogP contribution < -0.4 is 79.7 Å². The zero-order chi connectivity index (χ0) is 5.98. The molecule has 4 nitrogen and oxygen atoms in total. The first-order valence-electron chi connectivity index (χ1n) is 2.04. The van der Waals surface area contributed by atoms with Crippen molar-refractivity contribution in [2.45, 2.75) is 0 Å². The Bertz CT molecular complexity index is 176. The first-order valence-corrected chi connectivity index (χ1v) is 2.04. The molecule has 0 aromatic carbocycles. The van der Waals surface area contributed by atoms with E-state index in [-0.39, 0.29) is 74.7 Å². The molecule has 0 fully saturated rings. The van der Waals surface area contributed by atoms with Crippen LogP contribution in [0, 0.1) is 0 Å². The van der Waals surface area contributed by atoms with E-state index in [1.807, 2.05) is 0 Å². The Labute approximate surface area is 111 Å². The Kier molecular flexibility index (Phi) is 4.90. The number of aromatic nitrogens is 2. The molecule has 0 spiro atoms. The molecule has 42 valence electrons. The summed E-state index contributed by atoms with van der Waals surface area (Å²) in [6.45, 7) is 0. The fourth-order valence-corrected chi connectivity index (χ4v) is 0.354. The maximum absolute atomic E-state index is 10.2. The van der Waals surface area contributed by atoms with Crippen LogP contribution in [0.4, 0.5) is 5.82 Å². The summed E-state index contributed by atoms with van der Waals surface area (Å²) in [7, 11) is 0. The molecule has 0 aliphatic heterocycles. The third kappa shape index (κ3) is 3.44. The molecule has 1 heterocycles. The summed E-state index contributed by atoms with van der Waals surface area (Å²) in [5.41, 5.74) is 5.11. The van der Waals surface area contributed by atoms with E-state index in [1.165, 1.54) is 12.3 Å². The molecule has 0 aliphatic carbocycles. The van der Waals surface area contributed by atoms with Crippen LogP contribution in [0.2, 0.25) is 0 Å². The predicted molar refractivity (Wildman–Crippen MR) is 25.9 cm³/mol. The quantitative estimate of drug-likeness (QED) is 0.506. The van der Waals surface area contributed by atoms with Crippen molar-refractivity contribution in [1.82, 2.24) is 9.97 Å². The first-order chi connectivity index (χ1) is 3.79. The minimum atomic E-state index is -0.537. The van der Waals surface area contributed by atoms with Crippen molar-refractivity contribution >= 4 is 5.82 Å². The fraction of sp³-hybridized carbons (Fsp3) is 0. The monoisotopic (exact) mass is 243 g/mol. The summed E-state index contributed by atoms with van der Waals surface area (Å²) < 4.78 is 0. The van der Waals surface area contributed by atoms with Crippen molar-refractivity contribution in [1.29, 1.82) is 0 Å². The van der Waals surface area contributed by atoms with Gasteiger partial charge in [-0.3, -0.25) is 4.98 Å².